The Bertz CT molecular complexity index is 628. The second-order valence-electron chi connectivity index (χ2n) is 4.83. The van der Waals surface area contributed by atoms with Gasteiger partial charge in [0.1, 0.15) is 5.75 Å². The van der Waals surface area contributed by atoms with Crippen molar-refractivity contribution in [3.63, 3.8) is 0 Å². The molecule has 2 aromatic carbocycles. The van der Waals surface area contributed by atoms with E-state index in [1.165, 1.54) is 5.56 Å². The summed E-state index contributed by atoms with van der Waals surface area (Å²) in [4.78, 5) is 0. The Kier molecular flexibility index (Phi) is 5.51. The van der Waals surface area contributed by atoms with Crippen molar-refractivity contribution < 1.29 is 4.74 Å². The van der Waals surface area contributed by atoms with Gasteiger partial charge in [-0.15, -0.1) is 0 Å². The minimum atomic E-state index is 0.239. The van der Waals surface area contributed by atoms with Gasteiger partial charge in [-0.2, -0.15) is 0 Å². The van der Waals surface area contributed by atoms with Gasteiger partial charge in [-0.05, 0) is 30.7 Å². The summed E-state index contributed by atoms with van der Waals surface area (Å²) in [7, 11) is 1.58. The molecule has 0 fully saturated rings. The van der Waals surface area contributed by atoms with Crippen molar-refractivity contribution in [2.24, 2.45) is 0 Å². The summed E-state index contributed by atoms with van der Waals surface area (Å²) < 4.78 is 5.20. The van der Waals surface area contributed by atoms with Gasteiger partial charge >= 0.3 is 0 Å². The zero-order valence-electron chi connectivity index (χ0n) is 12.4. The molecule has 1 N–H and O–H groups in total. The largest absolute Gasteiger partial charge is 0.495 e. The van der Waals surface area contributed by atoms with Gasteiger partial charge in [0.25, 0.3) is 0 Å². The number of halogens is 2. The molecule has 4 heteroatoms. The molecule has 0 aromatic heterocycles. The van der Waals surface area contributed by atoms with Gasteiger partial charge in [0.15, 0.2) is 0 Å². The topological polar surface area (TPSA) is 21.3 Å². The Morgan fingerprint density at radius 3 is 2.48 bits per heavy atom. The highest BCUT2D eigenvalue weighted by Crippen LogP contribution is 2.39. The Labute approximate surface area is 136 Å². The zero-order valence-corrected chi connectivity index (χ0v) is 13.9. The van der Waals surface area contributed by atoms with Gasteiger partial charge in [-0.25, -0.2) is 0 Å². The summed E-state index contributed by atoms with van der Waals surface area (Å²) >= 11 is 12.7. The van der Waals surface area contributed by atoms with Gasteiger partial charge in [0.05, 0.1) is 17.2 Å². The van der Waals surface area contributed by atoms with E-state index < -0.39 is 0 Å². The van der Waals surface area contributed by atoms with E-state index in [1.54, 1.807) is 13.2 Å². The van der Waals surface area contributed by atoms with Crippen LogP contribution < -0.4 is 10.1 Å². The van der Waals surface area contributed by atoms with Crippen molar-refractivity contribution in [2.75, 3.05) is 13.7 Å². The van der Waals surface area contributed by atoms with Crippen LogP contribution in [0.2, 0.25) is 10.0 Å². The molecule has 0 aliphatic carbocycles. The maximum absolute atomic E-state index is 6.41. The van der Waals surface area contributed by atoms with E-state index in [9.17, 15) is 0 Å². The second kappa shape index (κ2) is 7.17. The molecule has 0 amide bonds. The smallest absolute Gasteiger partial charge is 0.138 e. The Morgan fingerprint density at radius 2 is 1.81 bits per heavy atom. The molecule has 0 spiro atoms. The fourth-order valence-corrected chi connectivity index (χ4v) is 2.92. The van der Waals surface area contributed by atoms with E-state index in [-0.39, 0.29) is 6.04 Å². The van der Waals surface area contributed by atoms with Crippen molar-refractivity contribution in [3.8, 4) is 16.9 Å². The zero-order chi connectivity index (χ0) is 15.4. The Hall–Kier alpha value is -1.22. The molecule has 2 nitrogen and oxygen atoms in total. The molecule has 0 saturated carbocycles. The maximum atomic E-state index is 6.41. The summed E-state index contributed by atoms with van der Waals surface area (Å²) in [6, 6.07) is 12.1. The van der Waals surface area contributed by atoms with Crippen molar-refractivity contribution in [1.82, 2.24) is 5.32 Å². The molecule has 0 radical (unpaired) electrons. The Balaban J connectivity index is 2.54. The number of ether oxygens (including phenoxy) is 1. The Morgan fingerprint density at radius 1 is 1.10 bits per heavy atom. The number of rotatable bonds is 5. The van der Waals surface area contributed by atoms with Crippen LogP contribution in [0.3, 0.4) is 0 Å². The molecule has 2 aromatic rings. The fraction of sp³-hybridized carbons (Fsp3) is 0.294. The summed E-state index contributed by atoms with van der Waals surface area (Å²) in [6.07, 6.45) is 0. The first-order valence-electron chi connectivity index (χ1n) is 6.94. The lowest BCUT2D eigenvalue weighted by Crippen LogP contribution is -2.18. The number of nitrogens with one attached hydrogen (secondary N) is 1. The van der Waals surface area contributed by atoms with E-state index >= 15 is 0 Å². The molecule has 0 heterocycles. The highest BCUT2D eigenvalue weighted by Gasteiger charge is 2.15. The van der Waals surface area contributed by atoms with Gasteiger partial charge in [-0.1, -0.05) is 54.4 Å². The maximum Gasteiger partial charge on any atom is 0.138 e. The SMILES string of the molecule is CCNC(C)c1ccccc1-c1cc(Cl)c(OC)cc1Cl. The average Bonchev–Trinajstić information content (AvgIpc) is 2.49. The first-order valence-corrected chi connectivity index (χ1v) is 7.69. The van der Waals surface area contributed by atoms with Crippen LogP contribution >= 0.6 is 23.2 Å². The molecule has 0 bridgehead atoms. The highest BCUT2D eigenvalue weighted by molar-refractivity contribution is 6.36. The summed E-state index contributed by atoms with van der Waals surface area (Å²) in [5, 5.41) is 4.62. The third-order valence-electron chi connectivity index (χ3n) is 3.47. The van der Waals surface area contributed by atoms with Crippen molar-refractivity contribution in [2.45, 2.75) is 19.9 Å². The van der Waals surface area contributed by atoms with Crippen LogP contribution in [-0.4, -0.2) is 13.7 Å². The van der Waals surface area contributed by atoms with E-state index in [0.29, 0.717) is 15.8 Å². The van der Waals surface area contributed by atoms with Crippen LogP contribution in [0.25, 0.3) is 11.1 Å². The predicted octanol–water partition coefficient (Wildman–Crippen LogP) is 5.34. The van der Waals surface area contributed by atoms with Crippen LogP contribution in [0, 0.1) is 0 Å². The van der Waals surface area contributed by atoms with E-state index in [4.69, 9.17) is 27.9 Å². The van der Waals surface area contributed by atoms with E-state index in [0.717, 1.165) is 17.7 Å². The minimum Gasteiger partial charge on any atom is -0.495 e. The monoisotopic (exact) mass is 323 g/mol. The molecule has 21 heavy (non-hydrogen) atoms. The van der Waals surface area contributed by atoms with Gasteiger partial charge in [0, 0.05) is 17.7 Å². The fourth-order valence-electron chi connectivity index (χ4n) is 2.43. The number of hydrogen-bond acceptors (Lipinski definition) is 2. The molecule has 0 saturated heterocycles. The van der Waals surface area contributed by atoms with Gasteiger partial charge in [-0.3, -0.25) is 0 Å². The van der Waals surface area contributed by atoms with Crippen LogP contribution in [-0.2, 0) is 0 Å². The molecule has 112 valence electrons. The second-order valence-corrected chi connectivity index (χ2v) is 5.65. The summed E-state index contributed by atoms with van der Waals surface area (Å²) in [6.45, 7) is 5.14. The molecule has 1 unspecified atom stereocenters. The minimum absolute atomic E-state index is 0.239. The third-order valence-corrected chi connectivity index (χ3v) is 4.08. The van der Waals surface area contributed by atoms with E-state index in [1.807, 2.05) is 18.2 Å². The normalized spacial score (nSPS) is 12.2. The first kappa shape index (κ1) is 16.2. The molecular formula is C17H19Cl2NO. The van der Waals surface area contributed by atoms with Crippen molar-refractivity contribution in [1.29, 1.82) is 0 Å². The van der Waals surface area contributed by atoms with Crippen molar-refractivity contribution in [3.05, 3.63) is 52.0 Å². The first-order chi connectivity index (χ1) is 10.1. The van der Waals surface area contributed by atoms with Crippen LogP contribution in [0.15, 0.2) is 36.4 Å². The third kappa shape index (κ3) is 3.52. The quantitative estimate of drug-likeness (QED) is 0.801. The number of benzene rings is 2. The lowest BCUT2D eigenvalue weighted by Gasteiger charge is -2.18. The standard InChI is InChI=1S/C17H19Cl2NO/c1-4-20-11(2)12-7-5-6-8-13(12)14-9-16(19)17(21-3)10-15(14)18/h5-11,20H,4H2,1-3H3. The van der Waals surface area contributed by atoms with Crippen LogP contribution in [0.5, 0.6) is 5.75 Å². The van der Waals surface area contributed by atoms with Crippen LogP contribution in [0.4, 0.5) is 0 Å². The average molecular weight is 324 g/mol. The lowest BCUT2D eigenvalue weighted by molar-refractivity contribution is 0.415. The van der Waals surface area contributed by atoms with Crippen LogP contribution in [0.1, 0.15) is 25.5 Å². The highest BCUT2D eigenvalue weighted by atomic mass is 35.5. The molecule has 1 atom stereocenters. The van der Waals surface area contributed by atoms with Crippen molar-refractivity contribution >= 4 is 23.2 Å². The molecule has 0 aliphatic heterocycles. The van der Waals surface area contributed by atoms with Gasteiger partial charge in [0.2, 0.25) is 0 Å². The molecular weight excluding hydrogens is 305 g/mol. The summed E-state index contributed by atoms with van der Waals surface area (Å²) in [5.74, 6) is 0.586. The predicted molar refractivity (Wildman–Crippen MR) is 90.5 cm³/mol. The number of hydrogen-bond donors (Lipinski definition) is 1. The van der Waals surface area contributed by atoms with Gasteiger partial charge < -0.3 is 10.1 Å². The lowest BCUT2D eigenvalue weighted by atomic mass is 9.95. The number of methoxy groups -OCH3 is 1. The molecule has 2 rings (SSSR count). The van der Waals surface area contributed by atoms with E-state index in [2.05, 4.69) is 31.3 Å². The molecule has 0 aliphatic rings. The summed E-state index contributed by atoms with van der Waals surface area (Å²) in [5.41, 5.74) is 3.20.